The summed E-state index contributed by atoms with van der Waals surface area (Å²) in [6.45, 7) is 5.12. The molecule has 0 N–H and O–H groups in total. The van der Waals surface area contributed by atoms with Crippen LogP contribution in [-0.2, 0) is 10.1 Å². The van der Waals surface area contributed by atoms with Crippen molar-refractivity contribution < 1.29 is 17.3 Å². The Morgan fingerprint density at radius 1 is 1.23 bits per heavy atom. The topological polar surface area (TPSA) is 55.8 Å². The van der Waals surface area contributed by atoms with E-state index in [9.17, 15) is 8.42 Å². The number of nitrogens with zero attached hydrogens (tertiary/aromatic N) is 1. The smallest absolute Gasteiger partial charge is 0.339 e. The number of hydrogen-bond acceptors (Lipinski definition) is 5. The zero-order valence-electron chi connectivity index (χ0n) is 14.4. The van der Waals surface area contributed by atoms with Crippen molar-refractivity contribution in [1.82, 2.24) is 4.90 Å². The highest BCUT2D eigenvalue weighted by molar-refractivity contribution is 7.87. The van der Waals surface area contributed by atoms with Gasteiger partial charge in [-0.15, -0.1) is 0 Å². The van der Waals surface area contributed by atoms with E-state index < -0.39 is 10.1 Å². The number of likely N-dealkylation sites (tertiary alicyclic amines) is 1. The minimum atomic E-state index is -3.91. The second-order valence-corrected chi connectivity index (χ2v) is 8.62. The van der Waals surface area contributed by atoms with Gasteiger partial charge in [0.15, 0.2) is 0 Å². The molecule has 1 saturated heterocycles. The van der Waals surface area contributed by atoms with Crippen LogP contribution in [-0.4, -0.2) is 39.1 Å². The van der Waals surface area contributed by atoms with Gasteiger partial charge in [-0.25, -0.2) is 0 Å². The number of piperidine rings is 1. The van der Waals surface area contributed by atoms with Crippen LogP contribution in [0.25, 0.3) is 0 Å². The molecule has 2 aromatic carbocycles. The third kappa shape index (κ3) is 3.29. The van der Waals surface area contributed by atoms with Crippen molar-refractivity contribution in [2.24, 2.45) is 0 Å². The van der Waals surface area contributed by atoms with Crippen molar-refractivity contribution in [1.29, 1.82) is 0 Å². The van der Waals surface area contributed by atoms with E-state index in [1.807, 2.05) is 6.07 Å². The standard InChI is InChI=1S/C19H20ClNO4S/c1-2-21-10-9-17-16-8-5-14(11-18(16)24-19(17)12-21)25-26(22,23)15-6-3-13(20)4-7-15/h3-8,11,17,19H,2,9-10,12H2,1H3. The molecule has 1 fully saturated rings. The third-order valence-corrected chi connectivity index (χ3v) is 6.57. The number of benzene rings is 2. The van der Waals surface area contributed by atoms with Crippen molar-refractivity contribution >= 4 is 21.7 Å². The minimum Gasteiger partial charge on any atom is -0.488 e. The van der Waals surface area contributed by atoms with Gasteiger partial charge in [-0.1, -0.05) is 24.6 Å². The fraction of sp³-hybridized carbons (Fsp3) is 0.368. The lowest BCUT2D eigenvalue weighted by Crippen LogP contribution is -2.42. The number of halogens is 1. The maximum absolute atomic E-state index is 12.4. The van der Waals surface area contributed by atoms with Crippen molar-refractivity contribution in [3.63, 3.8) is 0 Å². The van der Waals surface area contributed by atoms with Gasteiger partial charge in [0.1, 0.15) is 22.5 Å². The van der Waals surface area contributed by atoms with Gasteiger partial charge in [0, 0.05) is 29.1 Å². The number of likely N-dealkylation sites (N-methyl/N-ethyl adjacent to an activating group) is 1. The lowest BCUT2D eigenvalue weighted by Gasteiger charge is -2.33. The predicted octanol–water partition coefficient (Wildman–Crippen LogP) is 3.68. The minimum absolute atomic E-state index is 0.0653. The second-order valence-electron chi connectivity index (χ2n) is 6.64. The van der Waals surface area contributed by atoms with E-state index in [4.69, 9.17) is 20.5 Å². The molecule has 4 rings (SSSR count). The molecule has 0 saturated carbocycles. The lowest BCUT2D eigenvalue weighted by molar-refractivity contribution is 0.0955. The Labute approximate surface area is 158 Å². The summed E-state index contributed by atoms with van der Waals surface area (Å²) in [6, 6.07) is 11.2. The molecule has 0 bridgehead atoms. The Morgan fingerprint density at radius 3 is 2.73 bits per heavy atom. The van der Waals surface area contributed by atoms with E-state index in [2.05, 4.69) is 11.8 Å². The van der Waals surface area contributed by atoms with Crippen LogP contribution in [0.2, 0.25) is 5.02 Å². The van der Waals surface area contributed by atoms with Gasteiger partial charge in [0.2, 0.25) is 0 Å². The lowest BCUT2D eigenvalue weighted by atomic mass is 9.89. The molecule has 7 heteroatoms. The first-order chi connectivity index (χ1) is 12.5. The van der Waals surface area contributed by atoms with Gasteiger partial charge in [-0.3, -0.25) is 4.90 Å². The van der Waals surface area contributed by atoms with Crippen LogP contribution >= 0.6 is 11.6 Å². The summed E-state index contributed by atoms with van der Waals surface area (Å²) < 4.78 is 36.2. The first-order valence-corrected chi connectivity index (χ1v) is 10.5. The van der Waals surface area contributed by atoms with Gasteiger partial charge in [-0.2, -0.15) is 8.42 Å². The summed E-state index contributed by atoms with van der Waals surface area (Å²) in [6.07, 6.45) is 1.18. The molecule has 2 aliphatic heterocycles. The van der Waals surface area contributed by atoms with Crippen molar-refractivity contribution in [3.05, 3.63) is 53.1 Å². The van der Waals surface area contributed by atoms with Crippen LogP contribution in [0.3, 0.4) is 0 Å². The second kappa shape index (κ2) is 6.76. The normalized spacial score (nSPS) is 22.4. The largest absolute Gasteiger partial charge is 0.488 e. The van der Waals surface area contributed by atoms with Crippen LogP contribution in [0.1, 0.15) is 24.8 Å². The molecule has 138 valence electrons. The molecule has 0 aliphatic carbocycles. The van der Waals surface area contributed by atoms with E-state index in [1.165, 1.54) is 24.3 Å². The maximum atomic E-state index is 12.4. The monoisotopic (exact) mass is 393 g/mol. The number of hydrogen-bond donors (Lipinski definition) is 0. The van der Waals surface area contributed by atoms with Crippen molar-refractivity contribution in [2.75, 3.05) is 19.6 Å². The summed E-state index contributed by atoms with van der Waals surface area (Å²) >= 11 is 5.81. The van der Waals surface area contributed by atoms with E-state index >= 15 is 0 Å². The molecule has 5 nitrogen and oxygen atoms in total. The quantitative estimate of drug-likeness (QED) is 0.742. The number of ether oxygens (including phenoxy) is 1. The first kappa shape index (κ1) is 17.6. The Morgan fingerprint density at radius 2 is 2.00 bits per heavy atom. The number of rotatable bonds is 4. The Kier molecular flexibility index (Phi) is 4.59. The highest BCUT2D eigenvalue weighted by atomic mass is 35.5. The highest BCUT2D eigenvalue weighted by Gasteiger charge is 2.38. The zero-order chi connectivity index (χ0) is 18.3. The highest BCUT2D eigenvalue weighted by Crippen LogP contribution is 2.44. The van der Waals surface area contributed by atoms with Crippen LogP contribution in [0, 0.1) is 0 Å². The number of fused-ring (bicyclic) bond motifs is 3. The van der Waals surface area contributed by atoms with E-state index in [-0.39, 0.29) is 16.7 Å². The SMILES string of the molecule is CCN1CCC2c3ccc(OS(=O)(=O)c4ccc(Cl)cc4)cc3OC2C1. The first-order valence-electron chi connectivity index (χ1n) is 8.69. The fourth-order valence-electron chi connectivity index (χ4n) is 3.66. The van der Waals surface area contributed by atoms with Crippen LogP contribution in [0.5, 0.6) is 11.5 Å². The summed E-state index contributed by atoms with van der Waals surface area (Å²) in [5, 5.41) is 0.471. The van der Waals surface area contributed by atoms with E-state index in [0.29, 0.717) is 10.9 Å². The molecule has 2 aliphatic rings. The average Bonchev–Trinajstić information content (AvgIpc) is 2.98. The molecule has 2 unspecified atom stereocenters. The fourth-order valence-corrected chi connectivity index (χ4v) is 4.71. The average molecular weight is 394 g/mol. The van der Waals surface area contributed by atoms with E-state index in [0.717, 1.165) is 37.4 Å². The Hall–Kier alpha value is -1.76. The molecule has 2 aromatic rings. The molecular formula is C19H20ClNO4S. The van der Waals surface area contributed by atoms with Crippen LogP contribution in [0.4, 0.5) is 0 Å². The molecule has 26 heavy (non-hydrogen) atoms. The van der Waals surface area contributed by atoms with Crippen molar-refractivity contribution in [2.45, 2.75) is 30.3 Å². The molecular weight excluding hydrogens is 374 g/mol. The van der Waals surface area contributed by atoms with Gasteiger partial charge in [0.25, 0.3) is 0 Å². The van der Waals surface area contributed by atoms with E-state index in [1.54, 1.807) is 12.1 Å². The Balaban J connectivity index is 1.55. The van der Waals surface area contributed by atoms with Gasteiger partial charge in [-0.05, 0) is 49.8 Å². The Bertz CT molecular complexity index is 914. The molecule has 0 spiro atoms. The third-order valence-electron chi connectivity index (χ3n) is 5.06. The predicted molar refractivity (Wildman–Crippen MR) is 99.6 cm³/mol. The van der Waals surface area contributed by atoms with Crippen LogP contribution < -0.4 is 8.92 Å². The van der Waals surface area contributed by atoms with Gasteiger partial charge < -0.3 is 8.92 Å². The van der Waals surface area contributed by atoms with Gasteiger partial charge in [0.05, 0.1) is 0 Å². The summed E-state index contributed by atoms with van der Waals surface area (Å²) in [4.78, 5) is 2.44. The summed E-state index contributed by atoms with van der Waals surface area (Å²) in [7, 11) is -3.91. The van der Waals surface area contributed by atoms with Crippen LogP contribution in [0.15, 0.2) is 47.4 Å². The molecule has 0 amide bonds. The van der Waals surface area contributed by atoms with Gasteiger partial charge >= 0.3 is 10.1 Å². The molecule has 2 heterocycles. The maximum Gasteiger partial charge on any atom is 0.339 e. The summed E-state index contributed by atoms with van der Waals surface area (Å²) in [5.74, 6) is 1.35. The molecule has 0 radical (unpaired) electrons. The zero-order valence-corrected chi connectivity index (χ0v) is 16.0. The molecule has 2 atom stereocenters. The summed E-state index contributed by atoms with van der Waals surface area (Å²) in [5.41, 5.74) is 1.14. The van der Waals surface area contributed by atoms with Crippen molar-refractivity contribution in [3.8, 4) is 11.5 Å². The molecule has 0 aromatic heterocycles.